The summed E-state index contributed by atoms with van der Waals surface area (Å²) >= 11 is 0. The van der Waals surface area contributed by atoms with Crippen molar-refractivity contribution < 1.29 is 0 Å². The van der Waals surface area contributed by atoms with E-state index < -0.39 is 57.8 Å². The smallest absolute Gasteiger partial charge is 0.0397 e. The van der Waals surface area contributed by atoms with E-state index in [-0.39, 0.29) is 0 Å². The van der Waals surface area contributed by atoms with Crippen LogP contribution in [0.5, 0.6) is 0 Å². The van der Waals surface area contributed by atoms with Gasteiger partial charge in [0.15, 0.2) is 0 Å². The van der Waals surface area contributed by atoms with Crippen LogP contribution in [0.1, 0.15) is 77.0 Å². The summed E-state index contributed by atoms with van der Waals surface area (Å²) < 4.78 is 0. The molecule has 6 saturated heterocycles. The summed E-state index contributed by atoms with van der Waals surface area (Å²) in [5, 5.41) is 0. The zero-order valence-corrected chi connectivity index (χ0v) is 35.0. The van der Waals surface area contributed by atoms with Crippen LogP contribution in [-0.4, -0.2) is 57.8 Å². The third-order valence-corrected chi connectivity index (χ3v) is 176. The van der Waals surface area contributed by atoms with E-state index in [0.29, 0.717) is 0 Å². The van der Waals surface area contributed by atoms with Crippen molar-refractivity contribution in [3.8, 4) is 0 Å². The van der Waals surface area contributed by atoms with Gasteiger partial charge in [-0.05, 0) is 0 Å². The fraction of sp³-hybridized carbons (Fsp3) is 1.00. The van der Waals surface area contributed by atoms with Gasteiger partial charge in [-0.2, -0.15) is 0 Å². The lowest BCUT2D eigenvalue weighted by atomic mass is 10.4. The molecule has 0 unspecified atom stereocenters. The maximum Gasteiger partial charge on any atom is 0.0397 e. The maximum atomic E-state index is 3.01. The second kappa shape index (κ2) is 10.1. The van der Waals surface area contributed by atoms with Gasteiger partial charge in [0, 0.05) is 57.8 Å². The van der Waals surface area contributed by atoms with Gasteiger partial charge >= 0.3 is 0 Å². The molecule has 218 valence electrons. The van der Waals surface area contributed by atoms with Crippen molar-refractivity contribution in [3.05, 3.63) is 0 Å². The van der Waals surface area contributed by atoms with Crippen molar-refractivity contribution in [1.82, 2.24) is 0 Å². The van der Waals surface area contributed by atoms with Crippen LogP contribution in [0.2, 0.25) is 112 Å². The van der Waals surface area contributed by atoms with Crippen LogP contribution in [0.3, 0.4) is 0 Å². The summed E-state index contributed by atoms with van der Waals surface area (Å²) in [5.41, 5.74) is 0. The molecule has 0 radical (unpaired) electrons. The topological polar surface area (TPSA) is 0 Å². The summed E-state index contributed by atoms with van der Waals surface area (Å²) in [7, 11) is -8.83. The van der Waals surface area contributed by atoms with Gasteiger partial charge in [0.2, 0.25) is 0 Å². The summed E-state index contributed by atoms with van der Waals surface area (Å²) in [5.74, 6) is 0. The highest BCUT2D eigenvalue weighted by Crippen LogP contribution is 2.67. The second-order valence-electron chi connectivity index (χ2n) is 18.2. The van der Waals surface area contributed by atoms with Gasteiger partial charge in [0.1, 0.15) is 0 Å². The lowest BCUT2D eigenvalue weighted by Crippen LogP contribution is -3.00. The number of fused-ring (bicyclic) bond motifs is 5. The molecule has 6 fully saturated rings. The Kier molecular flexibility index (Phi) is 7.95. The van der Waals surface area contributed by atoms with E-state index >= 15 is 0 Å². The average Bonchev–Trinajstić information content (AvgIpc) is 2.91. The van der Waals surface area contributed by atoms with E-state index in [4.69, 9.17) is 0 Å². The Bertz CT molecular complexity index is 778. The summed E-state index contributed by atoms with van der Waals surface area (Å²) in [6.07, 6.45) is 20.9. The first-order valence-electron chi connectivity index (χ1n) is 18.0. The highest BCUT2D eigenvalue weighted by Gasteiger charge is 2.81. The minimum Gasteiger partial charge on any atom is -0.0717 e. The molecule has 0 amide bonds. The molecule has 0 atom stereocenters. The Balaban J connectivity index is 1.65. The van der Waals surface area contributed by atoms with Gasteiger partial charge in [-0.15, -0.1) is 0 Å². The predicted molar refractivity (Wildman–Crippen MR) is 194 cm³/mol. The molecule has 6 heterocycles. The molecule has 0 aromatic heterocycles. The Hall–Kier alpha value is 1.74. The summed E-state index contributed by atoms with van der Waals surface area (Å²) in [6.45, 7) is 18.1. The molecule has 0 saturated carbocycles. The average molecular weight is 652 g/mol. The van der Waals surface area contributed by atoms with E-state index in [9.17, 15) is 0 Å². The van der Waals surface area contributed by atoms with E-state index in [1.165, 1.54) is 0 Å². The lowest BCUT2D eigenvalue weighted by molar-refractivity contribution is 0.747. The van der Waals surface area contributed by atoms with Gasteiger partial charge < -0.3 is 0 Å². The molecular formula is C30H66Si8. The largest absolute Gasteiger partial charge is 0.0717 e. The standard InChI is InChI=1S/C30H66Si8/c1-31(2,3)33-19-7-11-23-35(33,24-12-8-20-33)37-27-15-17-29-38(37,30-18-16-28-37)36-25-13-9-21-34(36,32(4,5)6)22-10-14-26-36/h7-30H2,1-6H3. The van der Waals surface area contributed by atoms with Crippen LogP contribution in [0.4, 0.5) is 0 Å². The molecule has 0 bridgehead atoms. The van der Waals surface area contributed by atoms with Crippen molar-refractivity contribution in [1.29, 1.82) is 0 Å². The van der Waals surface area contributed by atoms with Crippen molar-refractivity contribution >= 4 is 57.8 Å². The van der Waals surface area contributed by atoms with Crippen molar-refractivity contribution in [2.75, 3.05) is 0 Å². The molecule has 6 rings (SSSR count). The third kappa shape index (κ3) is 3.61. The molecular weight excluding hydrogens is 585 g/mol. The van der Waals surface area contributed by atoms with Gasteiger partial charge in [-0.1, -0.05) is 189 Å². The first-order chi connectivity index (χ1) is 18.0. The Morgan fingerprint density at radius 2 is 0.447 bits per heavy atom. The van der Waals surface area contributed by atoms with Crippen LogP contribution in [0.25, 0.3) is 0 Å². The van der Waals surface area contributed by atoms with E-state index in [2.05, 4.69) is 39.3 Å². The van der Waals surface area contributed by atoms with E-state index in [1.54, 1.807) is 77.0 Å². The number of hydrogen-bond donors (Lipinski definition) is 0. The highest BCUT2D eigenvalue weighted by molar-refractivity contribution is 8.05. The maximum absolute atomic E-state index is 3.01. The SMILES string of the molecule is C[Si](C)(C)[Si]12CCCC[Si]1([Si]13CCCC[Si]1([Si]14CCCC[Si]1([Si](C)(C)C)CCCC4)CCCC3)CCCC2. The summed E-state index contributed by atoms with van der Waals surface area (Å²) in [6, 6.07) is 23.5. The monoisotopic (exact) mass is 650 g/mol. The fourth-order valence-corrected chi connectivity index (χ4v) is 283. The van der Waals surface area contributed by atoms with Gasteiger partial charge in [-0.25, -0.2) is 0 Å². The Morgan fingerprint density at radius 1 is 0.263 bits per heavy atom. The minimum atomic E-state index is -1.15. The number of hydrogen-bond acceptors (Lipinski definition) is 0. The van der Waals surface area contributed by atoms with Gasteiger partial charge in [-0.3, -0.25) is 0 Å². The van der Waals surface area contributed by atoms with Gasteiger partial charge in [0.05, 0.1) is 0 Å². The molecule has 6 aliphatic rings. The van der Waals surface area contributed by atoms with E-state index in [0.717, 1.165) is 0 Å². The van der Waals surface area contributed by atoms with Crippen molar-refractivity contribution in [3.63, 3.8) is 0 Å². The molecule has 0 spiro atoms. The van der Waals surface area contributed by atoms with Crippen LogP contribution < -0.4 is 0 Å². The highest BCUT2D eigenvalue weighted by atomic mass is 30.1. The molecule has 0 nitrogen and oxygen atoms in total. The minimum absolute atomic E-state index is 1.07. The van der Waals surface area contributed by atoms with Crippen molar-refractivity contribution in [2.24, 2.45) is 0 Å². The first kappa shape index (κ1) is 29.8. The molecule has 0 aromatic carbocycles. The second-order valence-corrected chi connectivity index (χ2v) is 98.7. The summed E-state index contributed by atoms with van der Waals surface area (Å²) in [4.78, 5) is 0. The van der Waals surface area contributed by atoms with Crippen LogP contribution in [0.15, 0.2) is 0 Å². The van der Waals surface area contributed by atoms with E-state index in [1.807, 2.05) is 72.5 Å². The molecule has 0 aromatic rings. The van der Waals surface area contributed by atoms with Crippen molar-refractivity contribution in [2.45, 2.75) is 189 Å². The molecule has 0 N–H and O–H groups in total. The van der Waals surface area contributed by atoms with Crippen LogP contribution in [0, 0.1) is 0 Å². The molecule has 0 aliphatic carbocycles. The molecule has 38 heavy (non-hydrogen) atoms. The van der Waals surface area contributed by atoms with Crippen LogP contribution >= 0.6 is 0 Å². The first-order valence-corrected chi connectivity index (χ1v) is 46.5. The zero-order chi connectivity index (χ0) is 27.0. The van der Waals surface area contributed by atoms with Crippen LogP contribution in [-0.2, 0) is 0 Å². The number of rotatable bonds is 4. The Labute approximate surface area is 245 Å². The predicted octanol–water partition coefficient (Wildman–Crippen LogP) is 10.7. The zero-order valence-electron chi connectivity index (χ0n) is 27.0. The Morgan fingerprint density at radius 3 is 0.658 bits per heavy atom. The quantitative estimate of drug-likeness (QED) is 0.266. The fourth-order valence-electron chi connectivity index (χ4n) is 15.4. The normalized spacial score (nSPS) is 48.5. The third-order valence-electron chi connectivity index (χ3n) is 16.2. The molecule has 6 aliphatic heterocycles. The molecule has 8 heteroatoms. The lowest BCUT2D eigenvalue weighted by Gasteiger charge is -2.78. The van der Waals surface area contributed by atoms with Gasteiger partial charge in [0.25, 0.3) is 0 Å².